The van der Waals surface area contributed by atoms with E-state index >= 15 is 0 Å². The number of nitrogens with one attached hydrogen (secondary N) is 1. The van der Waals surface area contributed by atoms with Crippen LogP contribution in [-0.4, -0.2) is 88.7 Å². The highest BCUT2D eigenvalue weighted by Crippen LogP contribution is 2.52. The lowest BCUT2D eigenvalue weighted by atomic mass is 10.0. The number of ether oxygens (including phenoxy) is 1. The third kappa shape index (κ3) is 4.54. The summed E-state index contributed by atoms with van der Waals surface area (Å²) in [7, 11) is 0. The minimum atomic E-state index is -1.03. The Labute approximate surface area is 214 Å². The Morgan fingerprint density at radius 2 is 1.89 bits per heavy atom. The Hall–Kier alpha value is -3.21. The van der Waals surface area contributed by atoms with Gasteiger partial charge in [0.1, 0.15) is 11.4 Å². The minimum absolute atomic E-state index is 0.0192. The van der Waals surface area contributed by atoms with Crippen LogP contribution < -0.4 is 10.2 Å². The average Bonchev–Trinajstić information content (AvgIpc) is 3.26. The second-order valence-corrected chi connectivity index (χ2v) is 11.6. The third-order valence-electron chi connectivity index (χ3n) is 7.95. The summed E-state index contributed by atoms with van der Waals surface area (Å²) in [4.78, 5) is 19.0. The third-order valence-corrected chi connectivity index (χ3v) is 7.95. The maximum atomic E-state index is 13.9. The number of piperazine rings is 1. The molecule has 4 aliphatic rings. The number of phenolic OH excluding ortho intramolecular Hbond substituents is 1. The Morgan fingerprint density at radius 1 is 1.14 bits per heavy atom. The van der Waals surface area contributed by atoms with Gasteiger partial charge in [-0.05, 0) is 50.7 Å². The Kier molecular flexibility index (Phi) is 5.66. The number of aromatic hydroxyl groups is 1. The van der Waals surface area contributed by atoms with Crippen LogP contribution in [0.2, 0.25) is 0 Å². The maximum absolute atomic E-state index is 13.9. The largest absolute Gasteiger partial charge is 0.504 e. The zero-order valence-electron chi connectivity index (χ0n) is 21.2. The second-order valence-electron chi connectivity index (χ2n) is 11.6. The predicted octanol–water partition coefficient (Wildman–Crippen LogP) is 3.16. The van der Waals surface area contributed by atoms with E-state index in [0.29, 0.717) is 29.6 Å². The molecule has 3 aliphatic heterocycles. The number of rotatable bonds is 3. The SMILES string of the molecule is CC(C)(C)OC(=O)N1C[C@@H]2C(CN3CCN4c5cc(-c6cc(F)cc(F)c6O)nnc5NC[C@H]4C3)[C@@H]2C1. The maximum Gasteiger partial charge on any atom is 0.410 e. The van der Waals surface area contributed by atoms with E-state index < -0.39 is 23.0 Å². The fraction of sp³-hybridized carbons (Fsp3) is 0.577. The van der Waals surface area contributed by atoms with E-state index in [1.54, 1.807) is 6.07 Å². The molecule has 9 nitrogen and oxygen atoms in total. The van der Waals surface area contributed by atoms with Crippen LogP contribution in [0.3, 0.4) is 0 Å². The van der Waals surface area contributed by atoms with Crippen molar-refractivity contribution in [2.45, 2.75) is 32.4 Å². The van der Waals surface area contributed by atoms with Crippen LogP contribution in [0.15, 0.2) is 18.2 Å². The number of carbonyl (C=O) groups excluding carboxylic acids is 1. The molecule has 198 valence electrons. The molecule has 1 unspecified atom stereocenters. The fourth-order valence-corrected chi connectivity index (χ4v) is 6.11. The molecular formula is C26H32F2N6O3. The monoisotopic (exact) mass is 514 g/mol. The summed E-state index contributed by atoms with van der Waals surface area (Å²) < 4.78 is 33.2. The number of amides is 1. The van der Waals surface area contributed by atoms with E-state index in [9.17, 15) is 18.7 Å². The summed E-state index contributed by atoms with van der Waals surface area (Å²) in [5.41, 5.74) is 0.547. The number of benzene rings is 1. The van der Waals surface area contributed by atoms with E-state index in [2.05, 4.69) is 25.3 Å². The molecule has 1 amide bonds. The van der Waals surface area contributed by atoms with E-state index in [1.165, 1.54) is 0 Å². The normalized spacial score (nSPS) is 26.7. The van der Waals surface area contributed by atoms with Crippen LogP contribution in [0, 0.1) is 29.4 Å². The fourth-order valence-electron chi connectivity index (χ4n) is 6.11. The number of nitrogens with zero attached hydrogens (tertiary/aromatic N) is 5. The van der Waals surface area contributed by atoms with Gasteiger partial charge >= 0.3 is 6.09 Å². The van der Waals surface area contributed by atoms with E-state index in [-0.39, 0.29) is 23.4 Å². The summed E-state index contributed by atoms with van der Waals surface area (Å²) in [5, 5.41) is 21.8. The summed E-state index contributed by atoms with van der Waals surface area (Å²) in [6.45, 7) is 11.5. The number of carbonyl (C=O) groups is 1. The van der Waals surface area contributed by atoms with Crippen molar-refractivity contribution in [1.29, 1.82) is 0 Å². The molecular weight excluding hydrogens is 482 g/mol. The Morgan fingerprint density at radius 3 is 2.62 bits per heavy atom. The lowest BCUT2D eigenvalue weighted by molar-refractivity contribution is 0.0261. The number of anilines is 2. The van der Waals surface area contributed by atoms with Gasteiger partial charge in [-0.2, -0.15) is 0 Å². The zero-order chi connectivity index (χ0) is 26.1. The number of likely N-dealkylation sites (tertiary alicyclic amines) is 1. The molecule has 1 aromatic carbocycles. The zero-order valence-corrected chi connectivity index (χ0v) is 21.2. The molecule has 0 radical (unpaired) electrons. The molecule has 3 fully saturated rings. The number of halogens is 2. The highest BCUT2D eigenvalue weighted by atomic mass is 19.1. The average molecular weight is 515 g/mol. The molecule has 0 spiro atoms. The van der Waals surface area contributed by atoms with Gasteiger partial charge in [0.2, 0.25) is 0 Å². The molecule has 37 heavy (non-hydrogen) atoms. The molecule has 2 N–H and O–H groups in total. The molecule has 2 saturated heterocycles. The van der Waals surface area contributed by atoms with Gasteiger partial charge in [-0.1, -0.05) is 0 Å². The summed E-state index contributed by atoms with van der Waals surface area (Å²) >= 11 is 0. The van der Waals surface area contributed by atoms with Gasteiger partial charge in [0.25, 0.3) is 0 Å². The van der Waals surface area contributed by atoms with Crippen molar-refractivity contribution in [3.63, 3.8) is 0 Å². The topological polar surface area (TPSA) is 94.1 Å². The van der Waals surface area contributed by atoms with Gasteiger partial charge in [-0.25, -0.2) is 13.6 Å². The van der Waals surface area contributed by atoms with Crippen LogP contribution in [0.5, 0.6) is 5.75 Å². The molecule has 4 atom stereocenters. The number of fused-ring (bicyclic) bond motifs is 4. The van der Waals surface area contributed by atoms with Crippen molar-refractivity contribution >= 4 is 17.6 Å². The predicted molar refractivity (Wildman–Crippen MR) is 133 cm³/mol. The standard InChI is InChI=1S/C26H32F2N6O3/c1-26(2,3)37-25(36)33-12-18-17(19(18)13-33)11-32-4-5-34-15(10-32)9-29-24-22(34)8-21(30-31-24)16-6-14(27)7-20(28)23(16)35/h6-8,15,17-19,35H,4-5,9-13H2,1-3H3,(H,29,31)/t15-,17?,18-,19+/m0/s1. The highest BCUT2D eigenvalue weighted by Gasteiger charge is 2.57. The van der Waals surface area contributed by atoms with Crippen molar-refractivity contribution in [2.24, 2.45) is 17.8 Å². The highest BCUT2D eigenvalue weighted by molar-refractivity contribution is 5.76. The van der Waals surface area contributed by atoms with Gasteiger partial charge in [0.15, 0.2) is 17.4 Å². The molecule has 1 aromatic heterocycles. The van der Waals surface area contributed by atoms with Gasteiger partial charge < -0.3 is 25.0 Å². The van der Waals surface area contributed by atoms with Gasteiger partial charge in [-0.15, -0.1) is 10.2 Å². The van der Waals surface area contributed by atoms with Crippen LogP contribution in [0.4, 0.5) is 25.1 Å². The van der Waals surface area contributed by atoms with E-state index in [4.69, 9.17) is 4.74 Å². The Bertz CT molecular complexity index is 1230. The van der Waals surface area contributed by atoms with Crippen molar-refractivity contribution in [1.82, 2.24) is 20.0 Å². The second kappa shape index (κ2) is 8.68. The first-order valence-electron chi connectivity index (χ1n) is 12.8. The van der Waals surface area contributed by atoms with Crippen LogP contribution >= 0.6 is 0 Å². The van der Waals surface area contributed by atoms with Gasteiger partial charge in [0.05, 0.1) is 17.4 Å². The molecule has 0 bridgehead atoms. The molecule has 2 aromatic rings. The first kappa shape index (κ1) is 24.1. The number of piperidine rings is 1. The molecule has 4 heterocycles. The van der Waals surface area contributed by atoms with Crippen LogP contribution in [-0.2, 0) is 4.74 Å². The summed E-state index contributed by atoms with van der Waals surface area (Å²) in [5.74, 6) is -0.116. The lowest BCUT2D eigenvalue weighted by Gasteiger charge is -2.46. The molecule has 6 rings (SSSR count). The molecule has 1 saturated carbocycles. The number of aromatic nitrogens is 2. The van der Waals surface area contributed by atoms with E-state index in [1.807, 2.05) is 25.7 Å². The minimum Gasteiger partial charge on any atom is -0.504 e. The first-order valence-corrected chi connectivity index (χ1v) is 12.8. The Balaban J connectivity index is 1.09. The van der Waals surface area contributed by atoms with Crippen LogP contribution in [0.25, 0.3) is 11.3 Å². The van der Waals surface area contributed by atoms with Gasteiger partial charge in [0, 0.05) is 57.4 Å². The van der Waals surface area contributed by atoms with Crippen molar-refractivity contribution in [2.75, 3.05) is 56.0 Å². The smallest absolute Gasteiger partial charge is 0.410 e. The van der Waals surface area contributed by atoms with Crippen LogP contribution in [0.1, 0.15) is 20.8 Å². The number of phenols is 1. The summed E-state index contributed by atoms with van der Waals surface area (Å²) in [6, 6.07) is 3.66. The van der Waals surface area contributed by atoms with Crippen molar-refractivity contribution in [3.8, 4) is 17.0 Å². The summed E-state index contributed by atoms with van der Waals surface area (Å²) in [6.07, 6.45) is -0.212. The quantitative estimate of drug-likeness (QED) is 0.645. The van der Waals surface area contributed by atoms with Gasteiger partial charge in [-0.3, -0.25) is 4.90 Å². The van der Waals surface area contributed by atoms with Crippen molar-refractivity contribution < 1.29 is 23.4 Å². The lowest BCUT2D eigenvalue weighted by Crippen LogP contribution is -2.58. The molecule has 11 heteroatoms. The van der Waals surface area contributed by atoms with E-state index in [0.717, 1.165) is 57.6 Å². The number of hydrogen-bond acceptors (Lipinski definition) is 8. The molecule has 1 aliphatic carbocycles. The first-order chi connectivity index (χ1) is 17.6. The van der Waals surface area contributed by atoms with Crippen molar-refractivity contribution in [3.05, 3.63) is 29.8 Å². The number of hydrogen-bond donors (Lipinski definition) is 2.